The Morgan fingerprint density at radius 1 is 0.868 bits per heavy atom. The molecule has 0 bridgehead atoms. The summed E-state index contributed by atoms with van der Waals surface area (Å²) in [5.41, 5.74) is 9.14. The first kappa shape index (κ1) is 30.5. The highest BCUT2D eigenvalue weighted by Crippen LogP contribution is 2.58. The molecule has 2 aromatic rings. The van der Waals surface area contributed by atoms with Crippen molar-refractivity contribution in [2.45, 2.75) is 119 Å². The molecule has 0 fully saturated rings. The molecule has 1 aliphatic carbocycles. The third-order valence-corrected chi connectivity index (χ3v) is 10.6. The van der Waals surface area contributed by atoms with Crippen LogP contribution >= 0.6 is 0 Å². The van der Waals surface area contributed by atoms with E-state index in [0.29, 0.717) is 29.6 Å². The van der Waals surface area contributed by atoms with E-state index >= 15 is 0 Å². The van der Waals surface area contributed by atoms with Crippen molar-refractivity contribution in [3.63, 3.8) is 0 Å². The maximum absolute atomic E-state index is 4.84. The lowest BCUT2D eigenvalue weighted by Gasteiger charge is -2.56. The van der Waals surface area contributed by atoms with Crippen LogP contribution in [0.1, 0.15) is 135 Å². The van der Waals surface area contributed by atoms with Gasteiger partial charge >= 0.3 is 0 Å². The highest BCUT2D eigenvalue weighted by atomic mass is 14.6. The van der Waals surface area contributed by atoms with E-state index in [0.717, 1.165) is 25.7 Å². The molecule has 1 aliphatic rings. The van der Waals surface area contributed by atoms with Gasteiger partial charge < -0.3 is 0 Å². The van der Waals surface area contributed by atoms with Gasteiger partial charge in [-0.25, -0.2) is 0 Å². The molecule has 0 heterocycles. The van der Waals surface area contributed by atoms with E-state index in [1.165, 1.54) is 34.2 Å². The normalized spacial score (nSPS) is 26.3. The summed E-state index contributed by atoms with van der Waals surface area (Å²) in [6.07, 6.45) is 10.7. The van der Waals surface area contributed by atoms with E-state index in [-0.39, 0.29) is 10.8 Å². The molecule has 0 aromatic heterocycles. The molecule has 0 spiro atoms. The maximum Gasteiger partial charge on any atom is 0.00356 e. The maximum atomic E-state index is 4.84. The van der Waals surface area contributed by atoms with E-state index in [1.54, 1.807) is 5.56 Å². The summed E-state index contributed by atoms with van der Waals surface area (Å²) in [5.74, 6) is 2.56. The van der Waals surface area contributed by atoms with Gasteiger partial charge in [0.25, 0.3) is 0 Å². The zero-order valence-electron chi connectivity index (χ0n) is 26.3. The zero-order chi connectivity index (χ0) is 28.3. The van der Waals surface area contributed by atoms with Crippen LogP contribution in [0.2, 0.25) is 0 Å². The Labute approximate surface area is 236 Å². The van der Waals surface area contributed by atoms with Crippen LogP contribution < -0.4 is 0 Å². The average Bonchev–Trinajstić information content (AvgIpc) is 2.89. The summed E-state index contributed by atoms with van der Waals surface area (Å²) in [6, 6.07) is 16.3. The molecule has 0 heteroatoms. The summed E-state index contributed by atoms with van der Waals surface area (Å²) in [4.78, 5) is 0. The molecule has 4 unspecified atom stereocenters. The lowest BCUT2D eigenvalue weighted by Crippen LogP contribution is -2.51. The Morgan fingerprint density at radius 3 is 2.00 bits per heavy atom. The first-order valence-electron chi connectivity index (χ1n) is 15.5. The lowest BCUT2D eigenvalue weighted by atomic mass is 9.48. The van der Waals surface area contributed by atoms with E-state index in [1.807, 2.05) is 0 Å². The molecular formula is C38H56. The highest BCUT2D eigenvalue weighted by molar-refractivity contribution is 5.71. The van der Waals surface area contributed by atoms with Crippen LogP contribution in [0.15, 0.2) is 61.2 Å². The van der Waals surface area contributed by atoms with Crippen LogP contribution in [0.5, 0.6) is 0 Å². The fraction of sp³-hybridized carbons (Fsp3) is 0.579. The molecule has 0 N–H and O–H groups in total. The van der Waals surface area contributed by atoms with Crippen LogP contribution in [0.25, 0.3) is 5.57 Å². The summed E-state index contributed by atoms with van der Waals surface area (Å²) in [5, 5.41) is 0. The molecule has 0 aliphatic heterocycles. The van der Waals surface area contributed by atoms with Gasteiger partial charge in [0.2, 0.25) is 0 Å². The van der Waals surface area contributed by atoms with E-state index in [4.69, 9.17) is 6.58 Å². The monoisotopic (exact) mass is 512 g/mol. The average molecular weight is 513 g/mol. The molecule has 0 nitrogen and oxygen atoms in total. The summed E-state index contributed by atoms with van der Waals surface area (Å²) < 4.78 is 0. The third kappa shape index (κ3) is 5.35. The fourth-order valence-corrected chi connectivity index (χ4v) is 8.12. The minimum Gasteiger partial charge on any atom is -0.0946 e. The van der Waals surface area contributed by atoms with Gasteiger partial charge in [-0.3, -0.25) is 0 Å². The molecule has 0 saturated carbocycles. The third-order valence-electron chi connectivity index (χ3n) is 10.6. The molecule has 38 heavy (non-hydrogen) atoms. The van der Waals surface area contributed by atoms with Crippen molar-refractivity contribution in [3.8, 4) is 0 Å². The number of hydrogen-bond acceptors (Lipinski definition) is 0. The first-order valence-corrected chi connectivity index (χ1v) is 15.5. The molecule has 0 radical (unpaired) electrons. The van der Waals surface area contributed by atoms with Crippen molar-refractivity contribution in [2.24, 2.45) is 23.2 Å². The van der Waals surface area contributed by atoms with Gasteiger partial charge in [-0.05, 0) is 94.6 Å². The van der Waals surface area contributed by atoms with Gasteiger partial charge in [0.15, 0.2) is 0 Å². The van der Waals surface area contributed by atoms with Crippen molar-refractivity contribution in [3.05, 3.63) is 89.0 Å². The van der Waals surface area contributed by atoms with Crippen molar-refractivity contribution in [2.75, 3.05) is 0 Å². The number of fused-ring (bicyclic) bond motifs is 1. The van der Waals surface area contributed by atoms with Crippen LogP contribution in [-0.4, -0.2) is 0 Å². The highest BCUT2D eigenvalue weighted by Gasteiger charge is 2.52. The van der Waals surface area contributed by atoms with Crippen molar-refractivity contribution >= 4 is 5.57 Å². The second kappa shape index (κ2) is 12.4. The Morgan fingerprint density at radius 2 is 1.47 bits per heavy atom. The predicted molar refractivity (Wildman–Crippen MR) is 170 cm³/mol. The van der Waals surface area contributed by atoms with Crippen LogP contribution in [-0.2, 0) is 11.8 Å². The second-order valence-electron chi connectivity index (χ2n) is 13.3. The molecule has 208 valence electrons. The van der Waals surface area contributed by atoms with Gasteiger partial charge in [0.05, 0.1) is 0 Å². The van der Waals surface area contributed by atoms with Crippen LogP contribution in [0.3, 0.4) is 0 Å². The van der Waals surface area contributed by atoms with Gasteiger partial charge in [0.1, 0.15) is 0 Å². The fourth-order valence-electron chi connectivity index (χ4n) is 8.12. The lowest BCUT2D eigenvalue weighted by molar-refractivity contribution is 0.0204. The number of benzene rings is 2. The quantitative estimate of drug-likeness (QED) is 0.308. The molecule has 4 atom stereocenters. The van der Waals surface area contributed by atoms with Gasteiger partial charge in [-0.1, -0.05) is 130 Å². The van der Waals surface area contributed by atoms with Crippen LogP contribution in [0.4, 0.5) is 0 Å². The van der Waals surface area contributed by atoms with Crippen molar-refractivity contribution < 1.29 is 0 Å². The number of hydrogen-bond donors (Lipinski definition) is 0. The van der Waals surface area contributed by atoms with Crippen molar-refractivity contribution in [1.82, 2.24) is 0 Å². The Bertz CT molecular complexity index is 1090. The number of rotatable bonds is 8. The first-order chi connectivity index (χ1) is 18.0. The second-order valence-corrected chi connectivity index (χ2v) is 13.3. The molecule has 2 aromatic carbocycles. The topological polar surface area (TPSA) is 0 Å². The SMILES string of the molecule is C=C1c2ccccc2C(CC)(C(C)C)C(C)(CC)C(C)CC=CC1CCc1c(C(C)C)cccc1C(C)C. The van der Waals surface area contributed by atoms with E-state index in [9.17, 15) is 0 Å². The molecule has 0 amide bonds. The van der Waals surface area contributed by atoms with Crippen LogP contribution in [0, 0.1) is 23.2 Å². The van der Waals surface area contributed by atoms with E-state index < -0.39 is 0 Å². The summed E-state index contributed by atoms with van der Waals surface area (Å²) in [6.45, 7) is 29.0. The van der Waals surface area contributed by atoms with E-state index in [2.05, 4.69) is 124 Å². The minimum atomic E-state index is 0.103. The molecule has 0 saturated heterocycles. The van der Waals surface area contributed by atoms with Gasteiger partial charge in [-0.2, -0.15) is 0 Å². The Kier molecular flexibility index (Phi) is 9.94. The summed E-state index contributed by atoms with van der Waals surface area (Å²) >= 11 is 0. The van der Waals surface area contributed by atoms with Gasteiger partial charge in [-0.15, -0.1) is 0 Å². The standard InChI is InChI=1S/C38H56/c1-12-37(11)29(9)18-16-19-31(24-25-35-32(26(3)4)21-17-22-33(35)27(5)6)30(10)34-20-14-15-23-36(34)38(37,13-2)28(7)8/h14-17,19-23,26-29,31H,10,12-13,18,24-25H2,1-9,11H3. The summed E-state index contributed by atoms with van der Waals surface area (Å²) in [7, 11) is 0. The zero-order valence-corrected chi connectivity index (χ0v) is 26.3. The van der Waals surface area contributed by atoms with Gasteiger partial charge in [0, 0.05) is 11.3 Å². The Balaban J connectivity index is 2.14. The predicted octanol–water partition coefficient (Wildman–Crippen LogP) is 11.5. The minimum absolute atomic E-state index is 0.103. The smallest absolute Gasteiger partial charge is 0.00356 e. The Hall–Kier alpha value is -2.08. The number of allylic oxidation sites excluding steroid dienone is 3. The largest absolute Gasteiger partial charge is 0.0946 e. The van der Waals surface area contributed by atoms with Crippen molar-refractivity contribution in [1.29, 1.82) is 0 Å². The molecule has 3 rings (SSSR count). The molecular weight excluding hydrogens is 456 g/mol.